The first-order chi connectivity index (χ1) is 26.8. The van der Waals surface area contributed by atoms with Crippen LogP contribution < -0.4 is 4.90 Å². The van der Waals surface area contributed by atoms with Crippen LogP contribution in [0.15, 0.2) is 200 Å². The minimum Gasteiger partial charge on any atom is -0.309 e. The number of hydrogen-bond donors (Lipinski definition) is 0. The van der Waals surface area contributed by atoms with Crippen LogP contribution in [0, 0.1) is 0 Å². The Labute approximate surface area is 313 Å². The molecule has 252 valence electrons. The van der Waals surface area contributed by atoms with Gasteiger partial charge in [0.15, 0.2) is 0 Å². The fraction of sp³-hybridized carbons (Fsp3) is 0. The highest BCUT2D eigenvalue weighted by molar-refractivity contribution is 6.13. The number of para-hydroxylation sites is 4. The van der Waals surface area contributed by atoms with E-state index in [-0.39, 0.29) is 0 Å². The van der Waals surface area contributed by atoms with Gasteiger partial charge in [-0.15, -0.1) is 0 Å². The van der Waals surface area contributed by atoms with Crippen molar-refractivity contribution in [2.75, 3.05) is 4.90 Å². The second kappa shape index (κ2) is 12.2. The number of rotatable bonds is 4. The van der Waals surface area contributed by atoms with Crippen molar-refractivity contribution in [3.63, 3.8) is 0 Å². The van der Waals surface area contributed by atoms with Gasteiger partial charge in [-0.05, 0) is 105 Å². The standard InChI is InChI=1S/C51H33N3/c1-2-12-42(13-3-1)54-48-18-8-5-15-45(48)50-44-14-4-7-17-47(44)53(49-19-9-6-16-46(49)51(50)54)43-27-26-37-29-35(24-25-39(37)32-43)36-22-20-34-21-23-38(31-41(34)30-36)40-11-10-28-52-33-40/h1-33H. The summed E-state index contributed by atoms with van der Waals surface area (Å²) in [5, 5.41) is 6.10. The van der Waals surface area contributed by atoms with Gasteiger partial charge in [0.05, 0.1) is 22.6 Å². The van der Waals surface area contributed by atoms with E-state index in [1.54, 1.807) is 0 Å². The number of aromatic nitrogens is 2. The smallest absolute Gasteiger partial charge is 0.0641 e. The van der Waals surface area contributed by atoms with Gasteiger partial charge in [-0.2, -0.15) is 0 Å². The van der Waals surface area contributed by atoms with Gasteiger partial charge >= 0.3 is 0 Å². The Hall–Kier alpha value is -7.23. The summed E-state index contributed by atoms with van der Waals surface area (Å²) in [6.07, 6.45) is 3.74. The zero-order valence-electron chi connectivity index (χ0n) is 29.4. The molecule has 3 nitrogen and oxygen atoms in total. The van der Waals surface area contributed by atoms with E-state index in [2.05, 4.69) is 196 Å². The number of benzene rings is 8. The van der Waals surface area contributed by atoms with Crippen LogP contribution in [0.25, 0.3) is 82.8 Å². The second-order valence-corrected chi connectivity index (χ2v) is 14.0. The third-order valence-electron chi connectivity index (χ3n) is 11.0. The van der Waals surface area contributed by atoms with Crippen molar-refractivity contribution >= 4 is 49.5 Å². The first kappa shape index (κ1) is 30.4. The summed E-state index contributed by atoms with van der Waals surface area (Å²) >= 11 is 0. The monoisotopic (exact) mass is 687 g/mol. The van der Waals surface area contributed by atoms with Gasteiger partial charge in [0.2, 0.25) is 0 Å². The Kier molecular flexibility index (Phi) is 6.86. The molecule has 3 heterocycles. The van der Waals surface area contributed by atoms with Crippen LogP contribution in [-0.2, 0) is 0 Å². The normalized spacial score (nSPS) is 12.0. The van der Waals surface area contributed by atoms with E-state index in [1.807, 2.05) is 18.5 Å². The van der Waals surface area contributed by atoms with Crippen LogP contribution in [0.4, 0.5) is 17.1 Å². The van der Waals surface area contributed by atoms with Crippen LogP contribution in [0.2, 0.25) is 0 Å². The molecule has 0 spiro atoms. The third kappa shape index (κ3) is 4.79. The molecule has 10 aromatic rings. The van der Waals surface area contributed by atoms with Crippen LogP contribution in [0.5, 0.6) is 0 Å². The largest absolute Gasteiger partial charge is 0.309 e. The third-order valence-corrected chi connectivity index (χ3v) is 11.0. The Morgan fingerprint density at radius 2 is 1.00 bits per heavy atom. The predicted molar refractivity (Wildman–Crippen MR) is 226 cm³/mol. The molecule has 0 atom stereocenters. The molecule has 0 saturated heterocycles. The summed E-state index contributed by atoms with van der Waals surface area (Å²) in [4.78, 5) is 6.78. The Balaban J connectivity index is 1.05. The molecule has 1 aliphatic heterocycles. The number of nitrogens with zero attached hydrogens (tertiary/aromatic N) is 3. The van der Waals surface area contributed by atoms with Gasteiger partial charge in [-0.3, -0.25) is 4.98 Å². The molecule has 3 heteroatoms. The van der Waals surface area contributed by atoms with Crippen molar-refractivity contribution in [3.8, 4) is 50.3 Å². The molecule has 8 aromatic carbocycles. The predicted octanol–water partition coefficient (Wildman–Crippen LogP) is 13.8. The molecule has 0 saturated carbocycles. The van der Waals surface area contributed by atoms with Crippen molar-refractivity contribution in [3.05, 3.63) is 200 Å². The zero-order chi connectivity index (χ0) is 35.6. The molecule has 0 aliphatic carbocycles. The lowest BCUT2D eigenvalue weighted by atomic mass is 9.96. The summed E-state index contributed by atoms with van der Waals surface area (Å²) in [6.45, 7) is 0. The van der Waals surface area contributed by atoms with Crippen molar-refractivity contribution in [1.29, 1.82) is 0 Å². The second-order valence-electron chi connectivity index (χ2n) is 14.0. The molecular weight excluding hydrogens is 655 g/mol. The Bertz CT molecular complexity index is 3050. The summed E-state index contributed by atoms with van der Waals surface area (Å²) < 4.78 is 2.44. The minimum absolute atomic E-state index is 1.12. The van der Waals surface area contributed by atoms with Crippen molar-refractivity contribution in [2.45, 2.75) is 0 Å². The first-order valence-electron chi connectivity index (χ1n) is 18.4. The topological polar surface area (TPSA) is 21.1 Å². The average molecular weight is 688 g/mol. The van der Waals surface area contributed by atoms with Gasteiger partial charge < -0.3 is 9.47 Å². The van der Waals surface area contributed by atoms with Gasteiger partial charge in [-0.1, -0.05) is 121 Å². The minimum atomic E-state index is 1.12. The van der Waals surface area contributed by atoms with E-state index in [0.29, 0.717) is 0 Å². The fourth-order valence-corrected chi connectivity index (χ4v) is 8.46. The fourth-order valence-electron chi connectivity index (χ4n) is 8.46. The number of anilines is 3. The highest BCUT2D eigenvalue weighted by atomic mass is 15.2. The SMILES string of the molecule is c1ccc(-n2c3c(c4ccccc42)-c2ccccc2N(c2ccc4cc(-c5ccc6ccc(-c7cccnc7)cc6c5)ccc4c2)c2ccccc2-3)cc1. The maximum Gasteiger partial charge on any atom is 0.0641 e. The van der Waals surface area contributed by atoms with Crippen molar-refractivity contribution in [1.82, 2.24) is 9.55 Å². The lowest BCUT2D eigenvalue weighted by Gasteiger charge is -2.28. The number of hydrogen-bond acceptors (Lipinski definition) is 2. The van der Waals surface area contributed by atoms with Gasteiger partial charge in [0.1, 0.15) is 0 Å². The van der Waals surface area contributed by atoms with E-state index in [1.165, 1.54) is 71.5 Å². The van der Waals surface area contributed by atoms with Crippen molar-refractivity contribution in [2.24, 2.45) is 0 Å². The van der Waals surface area contributed by atoms with E-state index in [4.69, 9.17) is 0 Å². The van der Waals surface area contributed by atoms with E-state index in [0.717, 1.165) is 28.3 Å². The molecule has 54 heavy (non-hydrogen) atoms. The van der Waals surface area contributed by atoms with Gasteiger partial charge in [0, 0.05) is 51.4 Å². The van der Waals surface area contributed by atoms with E-state index < -0.39 is 0 Å². The van der Waals surface area contributed by atoms with Crippen molar-refractivity contribution < 1.29 is 0 Å². The molecule has 0 amide bonds. The maximum absolute atomic E-state index is 4.33. The highest BCUT2D eigenvalue weighted by Crippen LogP contribution is 2.54. The molecule has 0 radical (unpaired) electrons. The molecule has 0 unspecified atom stereocenters. The van der Waals surface area contributed by atoms with E-state index in [9.17, 15) is 0 Å². The average Bonchev–Trinajstić information content (AvgIpc) is 3.53. The molecule has 2 aromatic heterocycles. The van der Waals surface area contributed by atoms with E-state index >= 15 is 0 Å². The first-order valence-corrected chi connectivity index (χ1v) is 18.4. The van der Waals surface area contributed by atoms with Gasteiger partial charge in [-0.25, -0.2) is 0 Å². The Morgan fingerprint density at radius 3 is 1.78 bits per heavy atom. The zero-order valence-corrected chi connectivity index (χ0v) is 29.4. The molecule has 11 rings (SSSR count). The molecular formula is C51H33N3. The Morgan fingerprint density at radius 1 is 0.389 bits per heavy atom. The van der Waals surface area contributed by atoms with Gasteiger partial charge in [0.25, 0.3) is 0 Å². The maximum atomic E-state index is 4.33. The van der Waals surface area contributed by atoms with Crippen LogP contribution in [0.3, 0.4) is 0 Å². The molecule has 0 N–H and O–H groups in total. The quantitative estimate of drug-likeness (QED) is 0.184. The summed E-state index contributed by atoms with van der Waals surface area (Å²) in [5.41, 5.74) is 15.4. The summed E-state index contributed by atoms with van der Waals surface area (Å²) in [5.74, 6) is 0. The highest BCUT2D eigenvalue weighted by Gasteiger charge is 2.31. The molecule has 0 bridgehead atoms. The lowest BCUT2D eigenvalue weighted by Crippen LogP contribution is -2.11. The van der Waals surface area contributed by atoms with Crippen LogP contribution in [-0.4, -0.2) is 9.55 Å². The summed E-state index contributed by atoms with van der Waals surface area (Å²) in [6, 6.07) is 68.6. The lowest BCUT2D eigenvalue weighted by molar-refractivity contribution is 1.13. The molecule has 0 fully saturated rings. The van der Waals surface area contributed by atoms with Crippen LogP contribution in [0.1, 0.15) is 0 Å². The van der Waals surface area contributed by atoms with Crippen LogP contribution >= 0.6 is 0 Å². The number of pyridine rings is 1. The number of fused-ring (bicyclic) bond motifs is 9. The molecule has 1 aliphatic rings. The summed E-state index contributed by atoms with van der Waals surface area (Å²) in [7, 11) is 0.